The van der Waals surface area contributed by atoms with Crippen LogP contribution in [0.5, 0.6) is 5.75 Å². The number of hydrogen-bond donors (Lipinski definition) is 2. The molecule has 0 bridgehead atoms. The minimum absolute atomic E-state index is 0.238. The Morgan fingerprint density at radius 2 is 1.77 bits per heavy atom. The molecule has 0 saturated carbocycles. The van der Waals surface area contributed by atoms with Crippen molar-refractivity contribution in [3.63, 3.8) is 0 Å². The van der Waals surface area contributed by atoms with Crippen LogP contribution in [0.4, 0.5) is 11.4 Å². The van der Waals surface area contributed by atoms with Crippen LogP contribution in [0.2, 0.25) is 0 Å². The zero-order valence-electron chi connectivity index (χ0n) is 22.5. The summed E-state index contributed by atoms with van der Waals surface area (Å²) in [6, 6.07) is 21.2. The Kier molecular flexibility index (Phi) is 7.09. The molecule has 2 unspecified atom stereocenters. The van der Waals surface area contributed by atoms with Crippen LogP contribution in [0.25, 0.3) is 5.69 Å². The maximum absolute atomic E-state index is 12.1. The molecule has 2 aromatic heterocycles. The fraction of sp³-hybridized carbons (Fsp3) is 0.241. The third-order valence-corrected chi connectivity index (χ3v) is 7.91. The number of anilines is 2. The Labute approximate surface area is 234 Å². The van der Waals surface area contributed by atoms with Crippen molar-refractivity contribution in [1.29, 1.82) is 0 Å². The Morgan fingerprint density at radius 3 is 2.44 bits per heavy atom. The van der Waals surface area contributed by atoms with Gasteiger partial charge in [-0.2, -0.15) is 0 Å². The fourth-order valence-electron chi connectivity index (χ4n) is 5.35. The van der Waals surface area contributed by atoms with Crippen LogP contribution in [-0.2, 0) is 10.0 Å². The van der Waals surface area contributed by atoms with Gasteiger partial charge in [0.25, 0.3) is 0 Å². The normalized spacial score (nSPS) is 17.3. The van der Waals surface area contributed by atoms with E-state index in [0.29, 0.717) is 16.5 Å². The highest BCUT2D eigenvalue weighted by molar-refractivity contribution is 7.92. The molecule has 1 fully saturated rings. The molecule has 2 N–H and O–H groups in total. The van der Waals surface area contributed by atoms with Gasteiger partial charge < -0.3 is 19.5 Å². The van der Waals surface area contributed by atoms with Crippen LogP contribution < -0.4 is 19.7 Å². The molecule has 1 aliphatic rings. The number of aryl methyl sites for hydroxylation is 2. The highest BCUT2D eigenvalue weighted by Gasteiger charge is 2.42. The maximum Gasteiger partial charge on any atom is 0.229 e. The molecular formula is C29H31N5O3S2. The van der Waals surface area contributed by atoms with Crippen LogP contribution in [0, 0.1) is 20.8 Å². The first kappa shape index (κ1) is 26.7. The van der Waals surface area contributed by atoms with Crippen LogP contribution >= 0.6 is 12.2 Å². The zero-order valence-corrected chi connectivity index (χ0v) is 24.1. The first-order valence-corrected chi connectivity index (χ1v) is 14.8. The number of aromatic nitrogens is 2. The average Bonchev–Trinajstić information content (AvgIpc) is 3.39. The SMILES string of the molecule is COc1ccc(N2C(=S)NC(c3ccccn3)C2c2cc(C)n(-c3ccccc3C)c2C)cc1NS(C)(=O)=O. The van der Waals surface area contributed by atoms with Gasteiger partial charge in [-0.3, -0.25) is 9.71 Å². The van der Waals surface area contributed by atoms with E-state index in [0.717, 1.165) is 40.3 Å². The molecule has 10 heteroatoms. The number of sulfonamides is 1. The zero-order chi connectivity index (χ0) is 27.9. The van der Waals surface area contributed by atoms with E-state index in [4.69, 9.17) is 17.0 Å². The quantitative estimate of drug-likeness (QED) is 0.294. The number of ether oxygens (including phenoxy) is 1. The van der Waals surface area contributed by atoms with Crippen molar-refractivity contribution in [3.8, 4) is 11.4 Å². The first-order chi connectivity index (χ1) is 18.6. The van der Waals surface area contributed by atoms with Gasteiger partial charge in [0, 0.05) is 29.0 Å². The molecule has 202 valence electrons. The lowest BCUT2D eigenvalue weighted by Gasteiger charge is -2.29. The van der Waals surface area contributed by atoms with Crippen molar-refractivity contribution >= 4 is 38.7 Å². The van der Waals surface area contributed by atoms with Gasteiger partial charge in [0.1, 0.15) is 5.75 Å². The van der Waals surface area contributed by atoms with Gasteiger partial charge in [0.15, 0.2) is 5.11 Å². The second-order valence-electron chi connectivity index (χ2n) is 9.70. The van der Waals surface area contributed by atoms with E-state index in [1.807, 2.05) is 41.3 Å². The van der Waals surface area contributed by atoms with E-state index in [-0.39, 0.29) is 12.1 Å². The van der Waals surface area contributed by atoms with Gasteiger partial charge in [-0.1, -0.05) is 24.3 Å². The van der Waals surface area contributed by atoms with Crippen molar-refractivity contribution in [2.24, 2.45) is 0 Å². The molecular weight excluding hydrogens is 530 g/mol. The molecule has 1 aliphatic heterocycles. The van der Waals surface area contributed by atoms with Crippen molar-refractivity contribution in [2.45, 2.75) is 32.9 Å². The van der Waals surface area contributed by atoms with E-state index >= 15 is 0 Å². The number of thiocarbonyl (C=S) groups is 1. The monoisotopic (exact) mass is 561 g/mol. The van der Waals surface area contributed by atoms with Crippen LogP contribution in [0.15, 0.2) is 72.9 Å². The smallest absolute Gasteiger partial charge is 0.229 e. The number of nitrogens with one attached hydrogen (secondary N) is 2. The van der Waals surface area contributed by atoms with Gasteiger partial charge in [-0.15, -0.1) is 0 Å². The summed E-state index contributed by atoms with van der Waals surface area (Å²) in [6.07, 6.45) is 2.89. The van der Waals surface area contributed by atoms with Crippen molar-refractivity contribution < 1.29 is 13.2 Å². The standard InChI is InChI=1S/C29H31N5O3S2/c1-18-10-6-7-12-25(18)33-19(2)16-22(20(33)3)28-27(23-11-8-9-15-30-23)31-29(38)34(28)21-13-14-26(37-4)24(17-21)32-39(5,35)36/h6-17,27-28,32H,1-5H3,(H,31,38). The maximum atomic E-state index is 12.1. The van der Waals surface area contributed by atoms with Gasteiger partial charge in [0.05, 0.1) is 36.8 Å². The molecule has 4 aromatic rings. The van der Waals surface area contributed by atoms with Crippen LogP contribution in [0.3, 0.4) is 0 Å². The first-order valence-electron chi connectivity index (χ1n) is 12.5. The molecule has 3 heterocycles. The lowest BCUT2D eigenvalue weighted by molar-refractivity contribution is 0.417. The Bertz CT molecular complexity index is 1650. The summed E-state index contributed by atoms with van der Waals surface area (Å²) in [4.78, 5) is 6.69. The number of methoxy groups -OCH3 is 1. The lowest BCUT2D eigenvalue weighted by Crippen LogP contribution is -2.29. The minimum Gasteiger partial charge on any atom is -0.495 e. The highest BCUT2D eigenvalue weighted by atomic mass is 32.2. The third kappa shape index (κ3) is 5.09. The fourth-order valence-corrected chi connectivity index (χ4v) is 6.25. The molecule has 0 spiro atoms. The second-order valence-corrected chi connectivity index (χ2v) is 11.8. The van der Waals surface area contributed by atoms with E-state index in [1.165, 1.54) is 12.7 Å². The molecule has 5 rings (SSSR count). The number of pyridine rings is 1. The number of para-hydroxylation sites is 1. The van der Waals surface area contributed by atoms with E-state index in [2.05, 4.69) is 58.6 Å². The largest absolute Gasteiger partial charge is 0.495 e. The predicted molar refractivity (Wildman–Crippen MR) is 159 cm³/mol. The molecule has 0 radical (unpaired) electrons. The molecule has 2 atom stereocenters. The summed E-state index contributed by atoms with van der Waals surface area (Å²) >= 11 is 5.90. The topological polar surface area (TPSA) is 88.5 Å². The summed E-state index contributed by atoms with van der Waals surface area (Å²) < 4.78 is 34.5. The summed E-state index contributed by atoms with van der Waals surface area (Å²) in [5, 5.41) is 4.01. The number of nitrogens with zero attached hydrogens (tertiary/aromatic N) is 3. The van der Waals surface area contributed by atoms with Crippen molar-refractivity contribution in [1.82, 2.24) is 14.9 Å². The summed E-state index contributed by atoms with van der Waals surface area (Å²) in [5.74, 6) is 0.415. The average molecular weight is 562 g/mol. The lowest BCUT2D eigenvalue weighted by atomic mass is 9.96. The Hall–Kier alpha value is -3.89. The number of hydrogen-bond acceptors (Lipinski definition) is 5. The number of rotatable bonds is 7. The third-order valence-electron chi connectivity index (χ3n) is 7.00. The van der Waals surface area contributed by atoms with Gasteiger partial charge >= 0.3 is 0 Å². The summed E-state index contributed by atoms with van der Waals surface area (Å²) in [7, 11) is -2.03. The molecule has 39 heavy (non-hydrogen) atoms. The van der Waals surface area contributed by atoms with E-state index < -0.39 is 10.0 Å². The Balaban J connectivity index is 1.69. The summed E-state index contributed by atoms with van der Waals surface area (Å²) in [5.41, 5.74) is 7.50. The molecule has 0 amide bonds. The molecule has 2 aromatic carbocycles. The summed E-state index contributed by atoms with van der Waals surface area (Å²) in [6.45, 7) is 6.33. The highest BCUT2D eigenvalue weighted by Crippen LogP contribution is 2.45. The molecule has 1 saturated heterocycles. The molecule has 0 aliphatic carbocycles. The van der Waals surface area contributed by atoms with E-state index in [9.17, 15) is 8.42 Å². The predicted octanol–water partition coefficient (Wildman–Crippen LogP) is 5.35. The van der Waals surface area contributed by atoms with Gasteiger partial charge in [-0.05, 0) is 86.6 Å². The van der Waals surface area contributed by atoms with Crippen LogP contribution in [-0.4, -0.2) is 36.4 Å². The van der Waals surface area contributed by atoms with Crippen LogP contribution in [0.1, 0.15) is 40.3 Å². The Morgan fingerprint density at radius 1 is 1.03 bits per heavy atom. The molecule has 8 nitrogen and oxygen atoms in total. The van der Waals surface area contributed by atoms with Crippen molar-refractivity contribution in [3.05, 3.63) is 101 Å². The minimum atomic E-state index is -3.54. The van der Waals surface area contributed by atoms with Gasteiger partial charge in [0.2, 0.25) is 10.0 Å². The van der Waals surface area contributed by atoms with Gasteiger partial charge in [-0.25, -0.2) is 8.42 Å². The number of benzene rings is 2. The van der Waals surface area contributed by atoms with E-state index in [1.54, 1.807) is 18.3 Å². The second kappa shape index (κ2) is 10.3. The van der Waals surface area contributed by atoms with Crippen molar-refractivity contribution in [2.75, 3.05) is 23.0 Å².